The van der Waals surface area contributed by atoms with Crippen LogP contribution < -0.4 is 5.73 Å². The van der Waals surface area contributed by atoms with Crippen molar-refractivity contribution in [2.75, 3.05) is 0 Å². The average molecular weight is 286 g/mol. The largest absolute Gasteiger partial charge is 0.459 e. The summed E-state index contributed by atoms with van der Waals surface area (Å²) < 4.78 is 6.10. The lowest BCUT2D eigenvalue weighted by molar-refractivity contribution is -0.151. The zero-order chi connectivity index (χ0) is 12.2. The summed E-state index contributed by atoms with van der Waals surface area (Å²) in [5.74, 6) is -0.370. The number of nitrogens with two attached hydrogens (primary N) is 1. The molecule has 1 aromatic rings. The maximum atomic E-state index is 11.6. The quantitative estimate of drug-likeness (QED) is 0.866. The Balaban J connectivity index is 2.59. The second kappa shape index (κ2) is 5.46. The molecule has 0 aromatic heterocycles. The van der Waals surface area contributed by atoms with E-state index < -0.39 is 5.54 Å². The fourth-order valence-corrected chi connectivity index (χ4v) is 1.47. The Kier molecular flexibility index (Phi) is 4.50. The maximum absolute atomic E-state index is 11.6. The maximum Gasteiger partial charge on any atom is 0.326 e. The first-order valence-electron chi connectivity index (χ1n) is 5.17. The minimum atomic E-state index is -0.902. The van der Waals surface area contributed by atoms with E-state index in [1.807, 2.05) is 31.2 Å². The molecule has 0 bridgehead atoms. The van der Waals surface area contributed by atoms with Gasteiger partial charge in [0, 0.05) is 10.0 Å². The van der Waals surface area contributed by atoms with Crippen LogP contribution >= 0.6 is 15.9 Å². The SMILES string of the molecule is CCC(C)(N)C(=O)OCc1ccccc1Br. The molecule has 1 unspecified atom stereocenters. The van der Waals surface area contributed by atoms with Gasteiger partial charge >= 0.3 is 5.97 Å². The number of hydrogen-bond acceptors (Lipinski definition) is 3. The van der Waals surface area contributed by atoms with Crippen LogP contribution in [0.5, 0.6) is 0 Å². The van der Waals surface area contributed by atoms with Gasteiger partial charge in [-0.1, -0.05) is 41.1 Å². The molecule has 88 valence electrons. The lowest BCUT2D eigenvalue weighted by Gasteiger charge is -2.20. The second-order valence-corrected chi connectivity index (χ2v) is 4.79. The predicted molar refractivity (Wildman–Crippen MR) is 66.8 cm³/mol. The van der Waals surface area contributed by atoms with Gasteiger partial charge in [-0.05, 0) is 19.4 Å². The van der Waals surface area contributed by atoms with Gasteiger partial charge in [0.15, 0.2) is 0 Å². The lowest BCUT2D eigenvalue weighted by atomic mass is 10.0. The van der Waals surface area contributed by atoms with Gasteiger partial charge in [0.1, 0.15) is 12.1 Å². The summed E-state index contributed by atoms with van der Waals surface area (Å²) in [6, 6.07) is 7.62. The summed E-state index contributed by atoms with van der Waals surface area (Å²) in [7, 11) is 0. The van der Waals surface area contributed by atoms with Crippen molar-refractivity contribution in [1.82, 2.24) is 0 Å². The third kappa shape index (κ3) is 3.32. The molecule has 1 aromatic carbocycles. The van der Waals surface area contributed by atoms with E-state index in [2.05, 4.69) is 15.9 Å². The summed E-state index contributed by atoms with van der Waals surface area (Å²) >= 11 is 3.39. The summed E-state index contributed by atoms with van der Waals surface area (Å²) in [4.78, 5) is 11.6. The Hall–Kier alpha value is -0.870. The summed E-state index contributed by atoms with van der Waals surface area (Å²) in [5, 5.41) is 0. The number of carbonyl (C=O) groups is 1. The van der Waals surface area contributed by atoms with E-state index in [0.717, 1.165) is 10.0 Å². The number of ether oxygens (including phenoxy) is 1. The standard InChI is InChI=1S/C12H16BrNO2/c1-3-12(2,14)11(15)16-8-9-6-4-5-7-10(9)13/h4-7H,3,8,14H2,1-2H3. The van der Waals surface area contributed by atoms with Gasteiger partial charge in [-0.2, -0.15) is 0 Å². The van der Waals surface area contributed by atoms with E-state index in [4.69, 9.17) is 10.5 Å². The fourth-order valence-electron chi connectivity index (χ4n) is 1.07. The zero-order valence-electron chi connectivity index (χ0n) is 9.50. The van der Waals surface area contributed by atoms with Crippen molar-refractivity contribution < 1.29 is 9.53 Å². The number of carbonyl (C=O) groups excluding carboxylic acids is 1. The molecule has 0 heterocycles. The number of halogens is 1. The van der Waals surface area contributed by atoms with E-state index >= 15 is 0 Å². The van der Waals surface area contributed by atoms with Gasteiger partial charge in [0.05, 0.1) is 0 Å². The molecule has 0 amide bonds. The van der Waals surface area contributed by atoms with Crippen LogP contribution in [0.4, 0.5) is 0 Å². The summed E-state index contributed by atoms with van der Waals surface area (Å²) in [6.07, 6.45) is 0.557. The highest BCUT2D eigenvalue weighted by atomic mass is 79.9. The molecular weight excluding hydrogens is 270 g/mol. The number of benzene rings is 1. The molecule has 0 aliphatic carbocycles. The Morgan fingerprint density at radius 3 is 2.69 bits per heavy atom. The van der Waals surface area contributed by atoms with Gasteiger partial charge in [-0.25, -0.2) is 0 Å². The minimum absolute atomic E-state index is 0.243. The van der Waals surface area contributed by atoms with Crippen molar-refractivity contribution in [3.8, 4) is 0 Å². The normalized spacial score (nSPS) is 14.2. The van der Waals surface area contributed by atoms with Crippen molar-refractivity contribution >= 4 is 21.9 Å². The van der Waals surface area contributed by atoms with Gasteiger partial charge < -0.3 is 10.5 Å². The first kappa shape index (κ1) is 13.2. The zero-order valence-corrected chi connectivity index (χ0v) is 11.1. The van der Waals surface area contributed by atoms with Crippen LogP contribution in [0.3, 0.4) is 0 Å². The molecule has 0 saturated heterocycles. The molecule has 0 fully saturated rings. The molecule has 3 nitrogen and oxygen atoms in total. The number of esters is 1. The molecule has 0 saturated carbocycles. The average Bonchev–Trinajstić information content (AvgIpc) is 2.27. The highest BCUT2D eigenvalue weighted by molar-refractivity contribution is 9.10. The highest BCUT2D eigenvalue weighted by Gasteiger charge is 2.27. The van der Waals surface area contributed by atoms with Gasteiger partial charge in [-0.15, -0.1) is 0 Å². The third-order valence-corrected chi connectivity index (χ3v) is 3.29. The molecule has 1 atom stereocenters. The molecule has 0 aliphatic heterocycles. The molecule has 16 heavy (non-hydrogen) atoms. The van der Waals surface area contributed by atoms with E-state index in [0.29, 0.717) is 6.42 Å². The van der Waals surface area contributed by atoms with Crippen LogP contribution in [0.2, 0.25) is 0 Å². The molecule has 0 spiro atoms. The first-order valence-corrected chi connectivity index (χ1v) is 5.96. The molecule has 2 N–H and O–H groups in total. The van der Waals surface area contributed by atoms with Crippen LogP contribution in [-0.4, -0.2) is 11.5 Å². The second-order valence-electron chi connectivity index (χ2n) is 3.94. The minimum Gasteiger partial charge on any atom is -0.459 e. The van der Waals surface area contributed by atoms with E-state index in [1.54, 1.807) is 6.92 Å². The summed E-state index contributed by atoms with van der Waals surface area (Å²) in [5.41, 5.74) is 5.81. The van der Waals surface area contributed by atoms with Crippen LogP contribution in [0.1, 0.15) is 25.8 Å². The topological polar surface area (TPSA) is 52.3 Å². The van der Waals surface area contributed by atoms with Gasteiger partial charge in [-0.3, -0.25) is 4.79 Å². The number of hydrogen-bond donors (Lipinski definition) is 1. The lowest BCUT2D eigenvalue weighted by Crippen LogP contribution is -2.45. The van der Waals surface area contributed by atoms with Crippen molar-refractivity contribution in [3.63, 3.8) is 0 Å². The Morgan fingerprint density at radius 1 is 1.50 bits per heavy atom. The van der Waals surface area contributed by atoms with Gasteiger partial charge in [0.2, 0.25) is 0 Å². The van der Waals surface area contributed by atoms with E-state index in [1.165, 1.54) is 0 Å². The summed E-state index contributed by atoms with van der Waals surface area (Å²) in [6.45, 7) is 3.78. The van der Waals surface area contributed by atoms with Crippen molar-refractivity contribution in [1.29, 1.82) is 0 Å². The van der Waals surface area contributed by atoms with Crippen molar-refractivity contribution in [2.24, 2.45) is 5.73 Å². The molecule has 1 rings (SSSR count). The van der Waals surface area contributed by atoms with Crippen molar-refractivity contribution in [3.05, 3.63) is 34.3 Å². The Labute approximate surface area is 104 Å². The van der Waals surface area contributed by atoms with E-state index in [9.17, 15) is 4.79 Å². The molecule has 4 heteroatoms. The first-order chi connectivity index (χ1) is 7.47. The molecule has 0 radical (unpaired) electrons. The predicted octanol–water partition coefficient (Wildman–Crippen LogP) is 2.62. The van der Waals surface area contributed by atoms with Crippen LogP contribution in [0, 0.1) is 0 Å². The molecule has 0 aliphatic rings. The van der Waals surface area contributed by atoms with Crippen LogP contribution in [-0.2, 0) is 16.1 Å². The van der Waals surface area contributed by atoms with Crippen LogP contribution in [0.25, 0.3) is 0 Å². The van der Waals surface area contributed by atoms with E-state index in [-0.39, 0.29) is 12.6 Å². The third-order valence-electron chi connectivity index (χ3n) is 2.52. The molecular formula is C12H16BrNO2. The highest BCUT2D eigenvalue weighted by Crippen LogP contribution is 2.17. The fraction of sp³-hybridized carbons (Fsp3) is 0.417. The van der Waals surface area contributed by atoms with Crippen molar-refractivity contribution in [2.45, 2.75) is 32.4 Å². The number of rotatable bonds is 4. The Bertz CT molecular complexity index is 377. The van der Waals surface area contributed by atoms with Crippen LogP contribution in [0.15, 0.2) is 28.7 Å². The Morgan fingerprint density at radius 2 is 2.12 bits per heavy atom. The smallest absolute Gasteiger partial charge is 0.326 e. The van der Waals surface area contributed by atoms with Gasteiger partial charge in [0.25, 0.3) is 0 Å². The monoisotopic (exact) mass is 285 g/mol.